The molecule has 0 fully saturated rings. The molecule has 0 aromatic carbocycles. The summed E-state index contributed by atoms with van der Waals surface area (Å²) < 4.78 is 7.08. The molecule has 0 aliphatic carbocycles. The second-order valence-corrected chi connectivity index (χ2v) is 5.99. The molecule has 8 nitrogen and oxygen atoms in total. The molecule has 1 atom stereocenters. The summed E-state index contributed by atoms with van der Waals surface area (Å²) in [7, 11) is 0. The molecule has 0 unspecified atom stereocenters. The zero-order valence-electron chi connectivity index (χ0n) is 14.2. The normalized spacial score (nSPS) is 12.2. The number of rotatable bonds is 4. The van der Waals surface area contributed by atoms with Crippen molar-refractivity contribution in [2.75, 3.05) is 0 Å². The summed E-state index contributed by atoms with van der Waals surface area (Å²) >= 11 is 0. The van der Waals surface area contributed by atoms with Gasteiger partial charge in [-0.2, -0.15) is 4.98 Å². The van der Waals surface area contributed by atoms with Crippen molar-refractivity contribution in [1.82, 2.24) is 29.8 Å². The van der Waals surface area contributed by atoms with Crippen molar-refractivity contribution in [3.8, 4) is 11.4 Å². The molecule has 8 heteroatoms. The Morgan fingerprint density at radius 2 is 2.12 bits per heavy atom. The van der Waals surface area contributed by atoms with E-state index in [0.29, 0.717) is 23.1 Å². The highest BCUT2D eigenvalue weighted by Gasteiger charge is 2.19. The summed E-state index contributed by atoms with van der Waals surface area (Å²) in [5.41, 5.74) is 2.88. The van der Waals surface area contributed by atoms with E-state index in [4.69, 9.17) is 4.52 Å². The number of hydrogen-bond acceptors (Lipinski definition) is 6. The highest BCUT2D eigenvalue weighted by molar-refractivity contribution is 5.93. The summed E-state index contributed by atoms with van der Waals surface area (Å²) in [5.74, 6) is 0.439. The fraction of sp³-hybridized carbons (Fsp3) is 0.167. The SMILES string of the molecule is Cc1ccc2nc(C(=O)N[C@@H](C)c3nc(-c4cccnc4)no3)cn2c1. The maximum Gasteiger partial charge on any atom is 0.272 e. The molecular weight excluding hydrogens is 332 g/mol. The van der Waals surface area contributed by atoms with E-state index in [-0.39, 0.29) is 5.91 Å². The van der Waals surface area contributed by atoms with Gasteiger partial charge >= 0.3 is 0 Å². The van der Waals surface area contributed by atoms with Crippen LogP contribution in [0.5, 0.6) is 0 Å². The molecule has 4 heterocycles. The van der Waals surface area contributed by atoms with Crippen molar-refractivity contribution >= 4 is 11.6 Å². The highest BCUT2D eigenvalue weighted by atomic mass is 16.5. The molecule has 0 saturated carbocycles. The molecule has 130 valence electrons. The summed E-state index contributed by atoms with van der Waals surface area (Å²) in [5, 5.41) is 6.76. The second kappa shape index (κ2) is 6.40. The van der Waals surface area contributed by atoms with E-state index in [1.807, 2.05) is 35.7 Å². The van der Waals surface area contributed by atoms with E-state index in [0.717, 1.165) is 11.1 Å². The number of nitrogens with zero attached hydrogens (tertiary/aromatic N) is 5. The summed E-state index contributed by atoms with van der Waals surface area (Å²) in [6.45, 7) is 3.76. The van der Waals surface area contributed by atoms with Gasteiger partial charge in [-0.05, 0) is 37.6 Å². The number of aromatic nitrogens is 5. The molecule has 1 amide bonds. The van der Waals surface area contributed by atoms with Crippen molar-refractivity contribution in [3.05, 3.63) is 66.2 Å². The van der Waals surface area contributed by atoms with E-state index < -0.39 is 6.04 Å². The Hall–Kier alpha value is -3.55. The number of carbonyl (C=O) groups is 1. The molecule has 0 spiro atoms. The first-order valence-electron chi connectivity index (χ1n) is 8.10. The number of hydrogen-bond donors (Lipinski definition) is 1. The quantitative estimate of drug-likeness (QED) is 0.609. The lowest BCUT2D eigenvalue weighted by molar-refractivity contribution is 0.0928. The van der Waals surface area contributed by atoms with Crippen LogP contribution in [-0.4, -0.2) is 30.4 Å². The average molecular weight is 348 g/mol. The zero-order valence-corrected chi connectivity index (χ0v) is 14.2. The van der Waals surface area contributed by atoms with E-state index >= 15 is 0 Å². The van der Waals surface area contributed by atoms with Gasteiger partial charge in [-0.3, -0.25) is 9.78 Å². The van der Waals surface area contributed by atoms with Crippen LogP contribution in [0.1, 0.15) is 34.9 Å². The van der Waals surface area contributed by atoms with Gasteiger partial charge in [0.05, 0.1) is 0 Å². The van der Waals surface area contributed by atoms with E-state index in [2.05, 4.69) is 25.4 Å². The third kappa shape index (κ3) is 3.04. The van der Waals surface area contributed by atoms with Gasteiger partial charge in [0.1, 0.15) is 17.4 Å². The Morgan fingerprint density at radius 1 is 1.23 bits per heavy atom. The van der Waals surface area contributed by atoms with Crippen molar-refractivity contribution in [3.63, 3.8) is 0 Å². The van der Waals surface area contributed by atoms with Crippen LogP contribution in [0.2, 0.25) is 0 Å². The van der Waals surface area contributed by atoms with Gasteiger partial charge in [0.2, 0.25) is 11.7 Å². The standard InChI is InChI=1S/C18H16N6O2/c1-11-5-6-15-21-14(10-24(15)9-11)17(25)20-12(2)18-22-16(23-26-18)13-4-3-7-19-8-13/h3-10,12H,1-2H3,(H,20,25)/t12-/m0/s1. The topological polar surface area (TPSA) is 98.2 Å². The molecule has 4 rings (SSSR count). The van der Waals surface area contributed by atoms with Crippen molar-refractivity contribution in [2.24, 2.45) is 0 Å². The molecule has 0 bridgehead atoms. The maximum atomic E-state index is 12.5. The van der Waals surface area contributed by atoms with Gasteiger partial charge in [0.25, 0.3) is 5.91 Å². The first kappa shape index (κ1) is 15.9. The number of imidazole rings is 1. The first-order valence-corrected chi connectivity index (χ1v) is 8.10. The molecule has 0 aliphatic heterocycles. The Balaban J connectivity index is 1.51. The van der Waals surface area contributed by atoms with Gasteiger partial charge in [0, 0.05) is 30.4 Å². The molecule has 4 aromatic heterocycles. The third-order valence-corrected chi connectivity index (χ3v) is 3.91. The number of carbonyl (C=O) groups excluding carboxylic acids is 1. The third-order valence-electron chi connectivity index (χ3n) is 3.91. The minimum absolute atomic E-state index is 0.306. The van der Waals surface area contributed by atoms with E-state index in [9.17, 15) is 4.79 Å². The Labute approximate surface area is 148 Å². The smallest absolute Gasteiger partial charge is 0.272 e. The average Bonchev–Trinajstić information content (AvgIpc) is 3.29. The van der Waals surface area contributed by atoms with Crippen LogP contribution in [0.25, 0.3) is 17.0 Å². The summed E-state index contributed by atoms with van der Waals surface area (Å²) in [4.78, 5) is 25.2. The summed E-state index contributed by atoms with van der Waals surface area (Å²) in [6.07, 6.45) is 6.93. The Kier molecular flexibility index (Phi) is 3.92. The zero-order chi connectivity index (χ0) is 18.1. The number of nitrogens with one attached hydrogen (secondary N) is 1. The van der Waals surface area contributed by atoms with Crippen molar-refractivity contribution < 1.29 is 9.32 Å². The highest BCUT2D eigenvalue weighted by Crippen LogP contribution is 2.18. The summed E-state index contributed by atoms with van der Waals surface area (Å²) in [6, 6.07) is 7.00. The molecule has 0 saturated heterocycles. The lowest BCUT2D eigenvalue weighted by atomic mass is 10.2. The van der Waals surface area contributed by atoms with Crippen LogP contribution >= 0.6 is 0 Å². The van der Waals surface area contributed by atoms with Crippen LogP contribution in [0.3, 0.4) is 0 Å². The maximum absolute atomic E-state index is 12.5. The fourth-order valence-corrected chi connectivity index (χ4v) is 2.57. The van der Waals surface area contributed by atoms with Crippen molar-refractivity contribution in [1.29, 1.82) is 0 Å². The van der Waals surface area contributed by atoms with E-state index in [1.165, 1.54) is 0 Å². The van der Waals surface area contributed by atoms with Crippen LogP contribution < -0.4 is 5.32 Å². The van der Waals surface area contributed by atoms with Crippen LogP contribution in [0.4, 0.5) is 0 Å². The Morgan fingerprint density at radius 3 is 2.92 bits per heavy atom. The number of fused-ring (bicyclic) bond motifs is 1. The monoisotopic (exact) mass is 348 g/mol. The molecule has 0 aliphatic rings. The lowest BCUT2D eigenvalue weighted by Gasteiger charge is -2.07. The van der Waals surface area contributed by atoms with Crippen LogP contribution in [-0.2, 0) is 0 Å². The molecular formula is C18H16N6O2. The number of pyridine rings is 2. The van der Waals surface area contributed by atoms with Crippen molar-refractivity contribution in [2.45, 2.75) is 19.9 Å². The van der Waals surface area contributed by atoms with Gasteiger partial charge < -0.3 is 14.2 Å². The predicted octanol–water partition coefficient (Wildman–Crippen LogP) is 2.58. The van der Waals surface area contributed by atoms with Gasteiger partial charge in [-0.1, -0.05) is 11.2 Å². The minimum Gasteiger partial charge on any atom is -0.339 e. The molecule has 4 aromatic rings. The number of amides is 1. The molecule has 1 N–H and O–H groups in total. The molecule has 0 radical (unpaired) electrons. The lowest BCUT2D eigenvalue weighted by Crippen LogP contribution is -2.27. The van der Waals surface area contributed by atoms with Gasteiger partial charge in [-0.15, -0.1) is 0 Å². The molecule has 26 heavy (non-hydrogen) atoms. The second-order valence-electron chi connectivity index (χ2n) is 5.99. The van der Waals surface area contributed by atoms with Crippen LogP contribution in [0, 0.1) is 6.92 Å². The predicted molar refractivity (Wildman–Crippen MR) is 93.3 cm³/mol. The van der Waals surface area contributed by atoms with Crippen LogP contribution in [0.15, 0.2) is 53.6 Å². The minimum atomic E-state index is -0.452. The van der Waals surface area contributed by atoms with Gasteiger partial charge in [0.15, 0.2) is 0 Å². The Bertz CT molecular complexity index is 1070. The largest absolute Gasteiger partial charge is 0.339 e. The first-order chi connectivity index (χ1) is 12.6. The van der Waals surface area contributed by atoms with E-state index in [1.54, 1.807) is 31.6 Å². The number of aryl methyl sites for hydroxylation is 1. The fourth-order valence-electron chi connectivity index (χ4n) is 2.57. The van der Waals surface area contributed by atoms with Gasteiger partial charge in [-0.25, -0.2) is 4.98 Å².